The van der Waals surface area contributed by atoms with Gasteiger partial charge in [0.15, 0.2) is 0 Å². The summed E-state index contributed by atoms with van der Waals surface area (Å²) in [6, 6.07) is 0. The molecule has 5 heteroatoms. The molecular weight excluding hydrogens is 135 g/mol. The van der Waals surface area contributed by atoms with Gasteiger partial charge in [-0.3, -0.25) is 9.59 Å². The summed E-state index contributed by atoms with van der Waals surface area (Å²) in [4.78, 5) is 21.2. The van der Waals surface area contributed by atoms with Crippen molar-refractivity contribution < 1.29 is 18.9 Å². The predicted molar refractivity (Wildman–Crippen MR) is 33.0 cm³/mol. The van der Waals surface area contributed by atoms with Crippen molar-refractivity contribution in [2.24, 2.45) is 0 Å². The number of hydrogen-bond donors (Lipinski definition) is 0. The Balaban J connectivity index is 2.54. The van der Waals surface area contributed by atoms with Crippen LogP contribution < -0.4 is 0 Å². The fraction of sp³-hybridized carbons (Fsp3) is 0.600. The molecule has 0 amide bonds. The summed E-state index contributed by atoms with van der Waals surface area (Å²) in [6.45, 7) is 1.52. The van der Waals surface area contributed by atoms with Crippen molar-refractivity contribution in [3.8, 4) is 0 Å². The SMILES string of the molecule is CB1OC(=O)CCC(=O)O1. The molecule has 0 bridgehead atoms. The summed E-state index contributed by atoms with van der Waals surface area (Å²) in [5.74, 6) is -0.753. The molecule has 0 atom stereocenters. The Kier molecular flexibility index (Phi) is 1.94. The van der Waals surface area contributed by atoms with Crippen molar-refractivity contribution in [3.63, 3.8) is 0 Å². The first-order chi connectivity index (χ1) is 4.68. The van der Waals surface area contributed by atoms with Crippen molar-refractivity contribution in [3.05, 3.63) is 0 Å². The normalized spacial score (nSPS) is 19.5. The molecule has 1 heterocycles. The lowest BCUT2D eigenvalue weighted by Crippen LogP contribution is -2.21. The van der Waals surface area contributed by atoms with Crippen LogP contribution in [0.2, 0.25) is 6.82 Å². The summed E-state index contributed by atoms with van der Waals surface area (Å²) in [5, 5.41) is 0. The van der Waals surface area contributed by atoms with Crippen molar-refractivity contribution in [1.82, 2.24) is 0 Å². The summed E-state index contributed by atoms with van der Waals surface area (Å²) in [5.41, 5.74) is 0. The van der Waals surface area contributed by atoms with Gasteiger partial charge in [-0.25, -0.2) is 0 Å². The fourth-order valence-corrected chi connectivity index (χ4v) is 0.716. The second-order valence-electron chi connectivity index (χ2n) is 2.05. The van der Waals surface area contributed by atoms with Crippen LogP contribution in [-0.4, -0.2) is 19.1 Å². The Labute approximate surface area is 58.6 Å². The zero-order valence-corrected chi connectivity index (χ0v) is 5.62. The maximum atomic E-state index is 10.6. The van der Waals surface area contributed by atoms with Gasteiger partial charge < -0.3 is 9.31 Å². The van der Waals surface area contributed by atoms with Gasteiger partial charge >= 0.3 is 7.12 Å². The summed E-state index contributed by atoms with van der Waals surface area (Å²) in [7, 11) is -0.720. The van der Waals surface area contributed by atoms with Crippen LogP contribution >= 0.6 is 0 Å². The largest absolute Gasteiger partial charge is 0.595 e. The third kappa shape index (κ3) is 1.75. The third-order valence-corrected chi connectivity index (χ3v) is 1.13. The predicted octanol–water partition coefficient (Wildman–Crippen LogP) is -0.0154. The molecule has 54 valence electrons. The van der Waals surface area contributed by atoms with Crippen LogP contribution in [0.5, 0.6) is 0 Å². The molecule has 10 heavy (non-hydrogen) atoms. The summed E-state index contributed by atoms with van der Waals surface area (Å²) >= 11 is 0. The van der Waals surface area contributed by atoms with Crippen LogP contribution in [-0.2, 0) is 18.9 Å². The molecule has 0 saturated carbocycles. The minimum absolute atomic E-state index is 0.128. The van der Waals surface area contributed by atoms with Crippen molar-refractivity contribution in [2.75, 3.05) is 0 Å². The monoisotopic (exact) mass is 142 g/mol. The quantitative estimate of drug-likeness (QED) is 0.446. The van der Waals surface area contributed by atoms with Crippen molar-refractivity contribution in [2.45, 2.75) is 19.7 Å². The van der Waals surface area contributed by atoms with Crippen LogP contribution in [0.15, 0.2) is 0 Å². The van der Waals surface area contributed by atoms with E-state index in [1.54, 1.807) is 0 Å². The first kappa shape index (κ1) is 7.12. The molecule has 0 aromatic heterocycles. The van der Waals surface area contributed by atoms with Crippen LogP contribution in [0.1, 0.15) is 12.8 Å². The Morgan fingerprint density at radius 1 is 1.20 bits per heavy atom. The number of hydrogen-bond acceptors (Lipinski definition) is 4. The molecule has 0 aromatic carbocycles. The molecule has 1 saturated heterocycles. The van der Waals surface area contributed by atoms with Crippen LogP contribution in [0.4, 0.5) is 0 Å². The Morgan fingerprint density at radius 3 is 2.00 bits per heavy atom. The van der Waals surface area contributed by atoms with Gasteiger partial charge in [0, 0.05) is 0 Å². The summed E-state index contributed by atoms with van der Waals surface area (Å²) < 4.78 is 9.20. The maximum absolute atomic E-state index is 10.6. The zero-order valence-electron chi connectivity index (χ0n) is 5.62. The minimum atomic E-state index is -0.720. The highest BCUT2D eigenvalue weighted by molar-refractivity contribution is 6.47. The van der Waals surface area contributed by atoms with E-state index in [2.05, 4.69) is 9.31 Å². The third-order valence-electron chi connectivity index (χ3n) is 1.13. The molecule has 0 aliphatic carbocycles. The van der Waals surface area contributed by atoms with Crippen molar-refractivity contribution >= 4 is 19.1 Å². The van der Waals surface area contributed by atoms with E-state index in [-0.39, 0.29) is 24.8 Å². The van der Waals surface area contributed by atoms with E-state index in [4.69, 9.17) is 0 Å². The Hall–Kier alpha value is -0.995. The topological polar surface area (TPSA) is 52.6 Å². The molecule has 1 aliphatic heterocycles. The molecule has 4 nitrogen and oxygen atoms in total. The van der Waals surface area contributed by atoms with Gasteiger partial charge in [0.05, 0.1) is 12.8 Å². The van der Waals surface area contributed by atoms with E-state index >= 15 is 0 Å². The average molecular weight is 142 g/mol. The molecule has 0 radical (unpaired) electrons. The molecule has 1 rings (SSSR count). The molecule has 0 unspecified atom stereocenters. The fourth-order valence-electron chi connectivity index (χ4n) is 0.716. The zero-order chi connectivity index (χ0) is 7.56. The highest BCUT2D eigenvalue weighted by Gasteiger charge is 2.25. The lowest BCUT2D eigenvalue weighted by molar-refractivity contribution is -0.135. The Morgan fingerprint density at radius 2 is 1.60 bits per heavy atom. The molecule has 0 spiro atoms. The molecule has 0 N–H and O–H groups in total. The van der Waals surface area contributed by atoms with Crippen LogP contribution in [0, 0.1) is 0 Å². The summed E-state index contributed by atoms with van der Waals surface area (Å²) in [6.07, 6.45) is 0.256. The molecule has 1 fully saturated rings. The second-order valence-corrected chi connectivity index (χ2v) is 2.05. The smallest absolute Gasteiger partial charge is 0.499 e. The van der Waals surface area contributed by atoms with Gasteiger partial charge in [0.25, 0.3) is 11.9 Å². The number of carbonyl (C=O) groups excluding carboxylic acids is 2. The van der Waals surface area contributed by atoms with Gasteiger partial charge in [-0.15, -0.1) is 0 Å². The number of rotatable bonds is 0. The van der Waals surface area contributed by atoms with E-state index in [1.165, 1.54) is 6.82 Å². The van der Waals surface area contributed by atoms with E-state index < -0.39 is 7.12 Å². The maximum Gasteiger partial charge on any atom is 0.595 e. The van der Waals surface area contributed by atoms with E-state index in [1.807, 2.05) is 0 Å². The van der Waals surface area contributed by atoms with Gasteiger partial charge in [0.2, 0.25) is 0 Å². The van der Waals surface area contributed by atoms with Crippen LogP contribution in [0.25, 0.3) is 0 Å². The standard InChI is InChI=1S/C5H7BO4/c1-6-9-4(7)2-3-5(8)10-6/h2-3H2,1H3. The minimum Gasteiger partial charge on any atom is -0.499 e. The lowest BCUT2D eigenvalue weighted by atomic mass is 9.96. The van der Waals surface area contributed by atoms with Gasteiger partial charge in [-0.2, -0.15) is 0 Å². The van der Waals surface area contributed by atoms with Gasteiger partial charge in [-0.05, 0) is 6.82 Å². The molecular formula is C5H7BO4. The molecule has 0 aromatic rings. The highest BCUT2D eigenvalue weighted by Crippen LogP contribution is 2.04. The average Bonchev–Trinajstić information content (AvgIpc) is 1.93. The highest BCUT2D eigenvalue weighted by atomic mass is 16.6. The molecule has 1 aliphatic rings. The van der Waals surface area contributed by atoms with Crippen molar-refractivity contribution in [1.29, 1.82) is 0 Å². The first-order valence-electron chi connectivity index (χ1n) is 3.07. The lowest BCUT2D eigenvalue weighted by Gasteiger charge is -2.02. The second kappa shape index (κ2) is 2.73. The van der Waals surface area contributed by atoms with Crippen LogP contribution in [0.3, 0.4) is 0 Å². The number of carbonyl (C=O) groups is 2. The Bertz CT molecular complexity index is 149. The van der Waals surface area contributed by atoms with Gasteiger partial charge in [0.1, 0.15) is 0 Å². The van der Waals surface area contributed by atoms with Gasteiger partial charge in [-0.1, -0.05) is 0 Å². The van der Waals surface area contributed by atoms with E-state index in [0.29, 0.717) is 0 Å². The van der Waals surface area contributed by atoms with E-state index in [9.17, 15) is 9.59 Å². The van der Waals surface area contributed by atoms with E-state index in [0.717, 1.165) is 0 Å². The first-order valence-corrected chi connectivity index (χ1v) is 3.07.